The van der Waals surface area contributed by atoms with Gasteiger partial charge < -0.3 is 9.84 Å². The predicted octanol–water partition coefficient (Wildman–Crippen LogP) is 4.07. The topological polar surface area (TPSA) is 71.3 Å². The quantitative estimate of drug-likeness (QED) is 0.892. The molecule has 0 bridgehead atoms. The summed E-state index contributed by atoms with van der Waals surface area (Å²) in [5.74, 6) is 1.80. The molecule has 1 N–H and O–H groups in total. The number of carbonyl (C=O) groups is 1. The molecule has 1 aliphatic heterocycles. The van der Waals surface area contributed by atoms with Crippen molar-refractivity contribution in [1.82, 2.24) is 15.5 Å². The van der Waals surface area contributed by atoms with Gasteiger partial charge in [0.15, 0.2) is 5.82 Å². The van der Waals surface area contributed by atoms with Crippen LogP contribution in [0.25, 0.3) is 0 Å². The lowest BCUT2D eigenvalue weighted by molar-refractivity contribution is 0.230. The molecule has 25 heavy (non-hydrogen) atoms. The molecule has 132 valence electrons. The minimum absolute atomic E-state index is 0.137. The molecule has 2 aromatic rings. The van der Waals surface area contributed by atoms with Crippen molar-refractivity contribution in [2.75, 3.05) is 11.4 Å². The van der Waals surface area contributed by atoms with Gasteiger partial charge in [-0.1, -0.05) is 36.7 Å². The first-order valence-corrected chi connectivity index (χ1v) is 9.11. The molecule has 1 atom stereocenters. The molecule has 1 saturated carbocycles. The Morgan fingerprint density at radius 3 is 2.92 bits per heavy atom. The summed E-state index contributed by atoms with van der Waals surface area (Å²) in [4.78, 5) is 19.1. The van der Waals surface area contributed by atoms with Crippen molar-refractivity contribution in [3.63, 3.8) is 0 Å². The first-order chi connectivity index (χ1) is 12.0. The summed E-state index contributed by atoms with van der Waals surface area (Å²) in [7, 11) is 0. The largest absolute Gasteiger partial charge is 0.337 e. The highest BCUT2D eigenvalue weighted by molar-refractivity contribution is 6.32. The van der Waals surface area contributed by atoms with E-state index in [0.29, 0.717) is 23.4 Å². The van der Waals surface area contributed by atoms with Crippen molar-refractivity contribution in [3.8, 4) is 0 Å². The summed E-state index contributed by atoms with van der Waals surface area (Å²) >= 11 is 6.24. The predicted molar refractivity (Wildman–Crippen MR) is 94.9 cm³/mol. The highest BCUT2D eigenvalue weighted by atomic mass is 35.5. The molecule has 0 unspecified atom stereocenters. The Bertz CT molecular complexity index is 800. The van der Waals surface area contributed by atoms with Crippen LogP contribution < -0.4 is 10.2 Å². The first kappa shape index (κ1) is 16.4. The maximum Gasteiger partial charge on any atom is 0.322 e. The van der Waals surface area contributed by atoms with E-state index in [-0.39, 0.29) is 18.0 Å². The Morgan fingerprint density at radius 1 is 1.40 bits per heavy atom. The number of halogens is 1. The lowest BCUT2D eigenvalue weighted by atomic mass is 10.0. The zero-order valence-electron chi connectivity index (χ0n) is 14.3. The molecular weight excluding hydrogens is 340 g/mol. The van der Waals surface area contributed by atoms with Gasteiger partial charge in [-0.15, -0.1) is 0 Å². The third-order valence-corrected chi connectivity index (χ3v) is 5.18. The monoisotopic (exact) mass is 360 g/mol. The number of hydrogen-bond acceptors (Lipinski definition) is 4. The summed E-state index contributed by atoms with van der Waals surface area (Å²) in [6.07, 6.45) is 2.99. The van der Waals surface area contributed by atoms with E-state index in [9.17, 15) is 4.79 Å². The summed E-state index contributed by atoms with van der Waals surface area (Å²) < 4.78 is 5.43. The highest BCUT2D eigenvalue weighted by Gasteiger charge is 2.33. The third kappa shape index (κ3) is 3.11. The summed E-state index contributed by atoms with van der Waals surface area (Å²) in [6.45, 7) is 4.67. The summed E-state index contributed by atoms with van der Waals surface area (Å²) in [5, 5.41) is 7.83. The SMILES string of the molecule is CC(C)[C@H](NC(=O)N1CCc2c(Cl)cccc21)c1nc(C2CC2)no1. The molecule has 2 aliphatic rings. The van der Waals surface area contributed by atoms with Gasteiger partial charge in [0.05, 0.1) is 5.69 Å². The van der Waals surface area contributed by atoms with E-state index >= 15 is 0 Å². The van der Waals surface area contributed by atoms with Crippen molar-refractivity contribution in [2.24, 2.45) is 5.92 Å². The van der Waals surface area contributed by atoms with E-state index in [1.165, 1.54) is 0 Å². The van der Waals surface area contributed by atoms with Gasteiger partial charge >= 0.3 is 6.03 Å². The van der Waals surface area contributed by atoms with Gasteiger partial charge in [0.2, 0.25) is 5.89 Å². The molecule has 1 fully saturated rings. The van der Waals surface area contributed by atoms with E-state index < -0.39 is 0 Å². The second-order valence-electron chi connectivity index (χ2n) is 7.08. The van der Waals surface area contributed by atoms with E-state index in [2.05, 4.69) is 15.5 Å². The van der Waals surface area contributed by atoms with Gasteiger partial charge in [0, 0.05) is 17.5 Å². The van der Waals surface area contributed by atoms with E-state index in [4.69, 9.17) is 16.1 Å². The van der Waals surface area contributed by atoms with Crippen molar-refractivity contribution in [1.29, 1.82) is 0 Å². The molecule has 7 heteroatoms. The summed E-state index contributed by atoms with van der Waals surface area (Å²) in [6, 6.07) is 5.18. The number of carbonyl (C=O) groups excluding carboxylic acids is 1. The van der Waals surface area contributed by atoms with Gasteiger partial charge in [0.1, 0.15) is 6.04 Å². The van der Waals surface area contributed by atoms with E-state index in [1.54, 1.807) is 4.90 Å². The molecule has 1 aromatic heterocycles. The zero-order valence-corrected chi connectivity index (χ0v) is 15.1. The van der Waals surface area contributed by atoms with Crippen LogP contribution in [0.4, 0.5) is 10.5 Å². The maximum absolute atomic E-state index is 12.8. The highest BCUT2D eigenvalue weighted by Crippen LogP contribution is 2.39. The second-order valence-corrected chi connectivity index (χ2v) is 7.48. The fourth-order valence-electron chi connectivity index (χ4n) is 3.21. The number of anilines is 1. The van der Waals surface area contributed by atoms with Crippen LogP contribution in [0.5, 0.6) is 0 Å². The Balaban J connectivity index is 1.53. The normalized spacial score (nSPS) is 17.7. The van der Waals surface area contributed by atoms with Crippen LogP contribution in [-0.4, -0.2) is 22.7 Å². The number of hydrogen-bond donors (Lipinski definition) is 1. The Hall–Kier alpha value is -2.08. The second kappa shape index (κ2) is 6.33. The fourth-order valence-corrected chi connectivity index (χ4v) is 3.47. The number of amides is 2. The standard InChI is InChI=1S/C18H21ClN4O2/c1-10(2)15(17-21-16(22-25-17)11-6-7-11)20-18(24)23-9-8-12-13(19)4-3-5-14(12)23/h3-5,10-11,15H,6-9H2,1-2H3,(H,20,24)/t15-/m0/s1. The van der Waals surface area contributed by atoms with Crippen LogP contribution in [0.1, 0.15) is 55.9 Å². The fraction of sp³-hybridized carbons (Fsp3) is 0.500. The van der Waals surface area contributed by atoms with Crippen LogP contribution >= 0.6 is 11.6 Å². The number of rotatable bonds is 4. The Morgan fingerprint density at radius 2 is 2.20 bits per heavy atom. The number of nitrogens with one attached hydrogen (secondary N) is 1. The number of benzene rings is 1. The van der Waals surface area contributed by atoms with Crippen molar-refractivity contribution < 1.29 is 9.32 Å². The number of nitrogens with zero attached hydrogens (tertiary/aromatic N) is 3. The molecule has 0 saturated heterocycles. The Kier molecular flexibility index (Phi) is 4.15. The summed E-state index contributed by atoms with van der Waals surface area (Å²) in [5.41, 5.74) is 1.89. The zero-order chi connectivity index (χ0) is 17.6. The average Bonchev–Trinajstić information content (AvgIpc) is 3.15. The van der Waals surface area contributed by atoms with Crippen molar-refractivity contribution in [2.45, 2.75) is 45.1 Å². The van der Waals surface area contributed by atoms with Crippen LogP contribution in [0, 0.1) is 5.92 Å². The average molecular weight is 361 g/mol. The molecule has 2 amide bonds. The third-order valence-electron chi connectivity index (χ3n) is 4.83. The lowest BCUT2D eigenvalue weighted by Crippen LogP contribution is -2.42. The molecule has 1 aliphatic carbocycles. The minimum atomic E-state index is -0.310. The lowest BCUT2D eigenvalue weighted by Gasteiger charge is -2.24. The van der Waals surface area contributed by atoms with E-state index in [1.807, 2.05) is 32.0 Å². The van der Waals surface area contributed by atoms with Crippen LogP contribution in [0.3, 0.4) is 0 Å². The van der Waals surface area contributed by atoms with Crippen LogP contribution in [0.2, 0.25) is 5.02 Å². The van der Waals surface area contributed by atoms with Gasteiger partial charge in [0.25, 0.3) is 0 Å². The Labute approximate surface area is 151 Å². The van der Waals surface area contributed by atoms with Gasteiger partial charge in [-0.3, -0.25) is 4.90 Å². The number of urea groups is 1. The van der Waals surface area contributed by atoms with E-state index in [0.717, 1.165) is 36.3 Å². The molecule has 4 rings (SSSR count). The smallest absolute Gasteiger partial charge is 0.322 e. The molecule has 1 aromatic carbocycles. The number of fused-ring (bicyclic) bond motifs is 1. The minimum Gasteiger partial charge on any atom is -0.337 e. The van der Waals surface area contributed by atoms with Crippen molar-refractivity contribution >= 4 is 23.3 Å². The molecular formula is C18H21ClN4O2. The van der Waals surface area contributed by atoms with Gasteiger partial charge in [-0.25, -0.2) is 4.79 Å². The maximum atomic E-state index is 12.8. The van der Waals surface area contributed by atoms with Crippen molar-refractivity contribution in [3.05, 3.63) is 40.5 Å². The van der Waals surface area contributed by atoms with Gasteiger partial charge in [-0.05, 0) is 42.9 Å². The van der Waals surface area contributed by atoms with Crippen LogP contribution in [0.15, 0.2) is 22.7 Å². The first-order valence-electron chi connectivity index (χ1n) is 8.73. The molecule has 0 spiro atoms. The van der Waals surface area contributed by atoms with Gasteiger partial charge in [-0.2, -0.15) is 4.98 Å². The molecule has 2 heterocycles. The molecule has 6 nitrogen and oxygen atoms in total. The molecule has 0 radical (unpaired) electrons. The number of aromatic nitrogens is 2. The van der Waals surface area contributed by atoms with Crippen LogP contribution in [-0.2, 0) is 6.42 Å².